The number of β-lactam (4-membered cyclic amide) rings is 1. The van der Waals surface area contributed by atoms with E-state index >= 15 is 0 Å². The molecule has 2 atom stereocenters. The summed E-state index contributed by atoms with van der Waals surface area (Å²) in [6.07, 6.45) is 1.38. The van der Waals surface area contributed by atoms with Crippen LogP contribution in [0.4, 0.5) is 11.4 Å². The van der Waals surface area contributed by atoms with E-state index in [1.54, 1.807) is 0 Å². The van der Waals surface area contributed by atoms with Crippen LogP contribution in [0, 0.1) is 20.2 Å². The van der Waals surface area contributed by atoms with Crippen molar-refractivity contribution in [1.29, 1.82) is 0 Å². The predicted molar refractivity (Wildman–Crippen MR) is 138 cm³/mol. The first-order valence-electron chi connectivity index (χ1n) is 11.2. The molecule has 0 aromatic heterocycles. The van der Waals surface area contributed by atoms with Crippen molar-refractivity contribution < 1.29 is 36.8 Å². The third kappa shape index (κ3) is 6.13. The lowest BCUT2D eigenvalue weighted by molar-refractivity contribution is -0.385. The molecule has 2 aromatic carbocycles. The largest absolute Gasteiger partial charge is 0.461 e. The van der Waals surface area contributed by atoms with Crippen molar-refractivity contribution in [2.24, 2.45) is 4.99 Å². The number of nitro groups is 2. The molecule has 0 N–H and O–H groups in total. The Labute approximate surface area is 225 Å². The molecule has 2 heterocycles. The van der Waals surface area contributed by atoms with E-state index in [0.717, 1.165) is 11.8 Å². The zero-order valence-electron chi connectivity index (χ0n) is 20.2. The van der Waals surface area contributed by atoms with Crippen LogP contribution in [0.5, 0.6) is 0 Å². The van der Waals surface area contributed by atoms with Crippen molar-refractivity contribution in [2.45, 2.75) is 24.9 Å². The number of carbonyl (C=O) groups excluding carboxylic acids is 2. The van der Waals surface area contributed by atoms with Gasteiger partial charge in [-0.2, -0.15) is 8.42 Å². The van der Waals surface area contributed by atoms with Gasteiger partial charge in [-0.25, -0.2) is 0 Å². The SMILES string of the molecule is CC(=O)OCC1=C(S(=O)(=O)OCc2ccc([N+](=O)[O-])cc2)N2C(=O)[C@H](/N=C/c3ccc([N+](=O)[O-])cc3)[C@H]2SC1. The predicted octanol–water partition coefficient (Wildman–Crippen LogP) is 2.53. The number of ether oxygens (including phenoxy) is 1. The van der Waals surface area contributed by atoms with Crippen molar-refractivity contribution in [3.05, 3.63) is 90.5 Å². The van der Waals surface area contributed by atoms with Gasteiger partial charge in [-0.3, -0.25) is 43.9 Å². The Hall–Kier alpha value is -4.15. The highest BCUT2D eigenvalue weighted by molar-refractivity contribution is 8.00. The number of thioether (sulfide) groups is 1. The molecule has 1 amide bonds. The number of rotatable bonds is 10. The Morgan fingerprint density at radius 2 is 1.67 bits per heavy atom. The number of amides is 1. The fourth-order valence-electron chi connectivity index (χ4n) is 3.74. The second-order valence-corrected chi connectivity index (χ2v) is 10.9. The summed E-state index contributed by atoms with van der Waals surface area (Å²) in [4.78, 5) is 50.3. The van der Waals surface area contributed by atoms with Crippen molar-refractivity contribution in [2.75, 3.05) is 12.4 Å². The number of hydrogen-bond donors (Lipinski definition) is 0. The third-order valence-corrected chi connectivity index (χ3v) is 8.38. The molecule has 1 saturated heterocycles. The maximum absolute atomic E-state index is 13.3. The molecular formula is C23H20N4O10S2. The molecule has 0 bridgehead atoms. The number of fused-ring (bicyclic) bond motifs is 1. The molecule has 4 rings (SSSR count). The number of benzene rings is 2. The van der Waals surface area contributed by atoms with Gasteiger partial charge >= 0.3 is 16.1 Å². The molecule has 2 aliphatic rings. The van der Waals surface area contributed by atoms with Crippen molar-refractivity contribution >= 4 is 51.3 Å². The van der Waals surface area contributed by atoms with Crippen LogP contribution in [0.3, 0.4) is 0 Å². The monoisotopic (exact) mass is 576 g/mol. The summed E-state index contributed by atoms with van der Waals surface area (Å²) in [5, 5.41) is 20.6. The molecule has 1 fully saturated rings. The highest BCUT2D eigenvalue weighted by atomic mass is 32.2. The van der Waals surface area contributed by atoms with Crippen LogP contribution >= 0.6 is 11.8 Å². The van der Waals surface area contributed by atoms with Gasteiger partial charge < -0.3 is 4.74 Å². The van der Waals surface area contributed by atoms with Crippen LogP contribution in [-0.2, 0) is 35.2 Å². The van der Waals surface area contributed by atoms with Gasteiger partial charge in [0.05, 0.1) is 16.5 Å². The summed E-state index contributed by atoms with van der Waals surface area (Å²) < 4.78 is 36.7. The van der Waals surface area contributed by atoms with Gasteiger partial charge in [-0.1, -0.05) is 0 Å². The number of carbonyl (C=O) groups is 2. The van der Waals surface area contributed by atoms with Gasteiger partial charge in [0, 0.05) is 48.7 Å². The van der Waals surface area contributed by atoms with E-state index in [1.807, 2.05) is 0 Å². The van der Waals surface area contributed by atoms with Crippen LogP contribution < -0.4 is 0 Å². The fourth-order valence-corrected chi connectivity index (χ4v) is 6.55. The van der Waals surface area contributed by atoms with Gasteiger partial charge in [-0.05, 0) is 35.4 Å². The first-order chi connectivity index (χ1) is 18.5. The molecular weight excluding hydrogens is 556 g/mol. The van der Waals surface area contributed by atoms with E-state index in [0.29, 0.717) is 11.1 Å². The van der Waals surface area contributed by atoms with Crippen LogP contribution in [0.15, 0.2) is 64.1 Å². The summed E-state index contributed by atoms with van der Waals surface area (Å²) in [5.41, 5.74) is 0.731. The zero-order valence-corrected chi connectivity index (χ0v) is 21.8. The maximum atomic E-state index is 13.3. The number of nitrogens with zero attached hydrogens (tertiary/aromatic N) is 4. The minimum atomic E-state index is -4.54. The lowest BCUT2D eigenvalue weighted by atomic mass is 10.1. The molecule has 0 spiro atoms. The molecule has 0 unspecified atom stereocenters. The normalized spacial score (nSPS) is 19.0. The first-order valence-corrected chi connectivity index (χ1v) is 13.6. The van der Waals surface area contributed by atoms with Crippen LogP contribution in [-0.4, -0.2) is 65.0 Å². The fraction of sp³-hybridized carbons (Fsp3) is 0.261. The number of non-ortho nitro benzene ring substituents is 2. The molecule has 204 valence electrons. The summed E-state index contributed by atoms with van der Waals surface area (Å²) in [6.45, 7) is 0.341. The van der Waals surface area contributed by atoms with E-state index in [-0.39, 0.29) is 29.3 Å². The van der Waals surface area contributed by atoms with Gasteiger partial charge in [0.25, 0.3) is 17.3 Å². The summed E-state index contributed by atoms with van der Waals surface area (Å²) in [7, 11) is -4.54. The topological polar surface area (TPSA) is 189 Å². The van der Waals surface area contributed by atoms with E-state index in [1.165, 1.54) is 66.5 Å². The number of esters is 1. The molecule has 2 aromatic rings. The second-order valence-electron chi connectivity index (χ2n) is 8.31. The van der Waals surface area contributed by atoms with Crippen LogP contribution in [0.1, 0.15) is 18.1 Å². The molecule has 0 aliphatic carbocycles. The molecule has 0 radical (unpaired) electrons. The first kappa shape index (κ1) is 27.9. The Morgan fingerprint density at radius 1 is 1.08 bits per heavy atom. The Balaban J connectivity index is 1.55. The molecule has 2 aliphatic heterocycles. The zero-order chi connectivity index (χ0) is 28.3. The summed E-state index contributed by atoms with van der Waals surface area (Å²) in [5.74, 6) is -1.15. The minimum Gasteiger partial charge on any atom is -0.461 e. The lowest BCUT2D eigenvalue weighted by Gasteiger charge is -2.48. The number of nitro benzene ring substituents is 2. The van der Waals surface area contributed by atoms with Crippen molar-refractivity contribution in [1.82, 2.24) is 4.90 Å². The summed E-state index contributed by atoms with van der Waals surface area (Å²) >= 11 is 1.23. The van der Waals surface area contributed by atoms with Gasteiger partial charge in [0.1, 0.15) is 12.0 Å². The Kier molecular flexibility index (Phi) is 8.08. The minimum absolute atomic E-state index is 0.102. The third-order valence-electron chi connectivity index (χ3n) is 5.67. The average molecular weight is 577 g/mol. The Bertz CT molecular complexity index is 1490. The quantitative estimate of drug-likeness (QED) is 0.101. The van der Waals surface area contributed by atoms with Gasteiger partial charge in [0.15, 0.2) is 11.1 Å². The molecule has 0 saturated carbocycles. The van der Waals surface area contributed by atoms with E-state index < -0.39 is 54.9 Å². The van der Waals surface area contributed by atoms with E-state index in [2.05, 4.69) is 4.99 Å². The number of aliphatic imine (C=N–C) groups is 1. The van der Waals surface area contributed by atoms with Crippen molar-refractivity contribution in [3.8, 4) is 0 Å². The van der Waals surface area contributed by atoms with E-state index in [4.69, 9.17) is 8.92 Å². The van der Waals surface area contributed by atoms with E-state index in [9.17, 15) is 38.2 Å². The average Bonchev–Trinajstić information content (AvgIpc) is 2.90. The smallest absolute Gasteiger partial charge is 0.313 e. The van der Waals surface area contributed by atoms with Gasteiger partial charge in [-0.15, -0.1) is 11.8 Å². The summed E-state index contributed by atoms with van der Waals surface area (Å²) in [6, 6.07) is 9.71. The van der Waals surface area contributed by atoms with Gasteiger partial charge in [0.2, 0.25) is 0 Å². The van der Waals surface area contributed by atoms with Crippen LogP contribution in [0.2, 0.25) is 0 Å². The lowest BCUT2D eigenvalue weighted by Crippen LogP contribution is -2.64. The van der Waals surface area contributed by atoms with Crippen LogP contribution in [0.25, 0.3) is 0 Å². The molecule has 16 heteroatoms. The molecule has 14 nitrogen and oxygen atoms in total. The number of hydrogen-bond acceptors (Lipinski definition) is 12. The van der Waals surface area contributed by atoms with Crippen molar-refractivity contribution in [3.63, 3.8) is 0 Å². The highest BCUT2D eigenvalue weighted by Gasteiger charge is 2.55. The standard InChI is InChI=1S/C23H20N4O10S2/c1-14(28)36-12-17-13-38-22-20(24-10-15-2-6-18(7-3-15)26(30)31)21(29)25(22)23(17)39(34,35)37-11-16-4-8-19(9-5-16)27(32)33/h2-10,20,22H,11-13H2,1H3/b24-10+/t20-,22+/m0/s1. The highest BCUT2D eigenvalue weighted by Crippen LogP contribution is 2.44. The second kappa shape index (κ2) is 11.3. The molecule has 39 heavy (non-hydrogen) atoms. The Morgan fingerprint density at radius 3 is 2.23 bits per heavy atom. The maximum Gasteiger partial charge on any atom is 0.313 e.